The van der Waals surface area contributed by atoms with Gasteiger partial charge in [-0.1, -0.05) is 37.5 Å². The number of aromatic nitrogens is 2. The molecule has 7 heteroatoms. The van der Waals surface area contributed by atoms with Crippen LogP contribution in [0.15, 0.2) is 34.9 Å². The van der Waals surface area contributed by atoms with Gasteiger partial charge in [0.15, 0.2) is 5.82 Å². The third-order valence-corrected chi connectivity index (χ3v) is 4.76. The summed E-state index contributed by atoms with van der Waals surface area (Å²) in [5.41, 5.74) is 0.547. The first-order valence-electron chi connectivity index (χ1n) is 8.15. The SMILES string of the molecule is O=C(Nc1nn(Cc2ccccc2F)cc1Br)NC1CCCCC1. The summed E-state index contributed by atoms with van der Waals surface area (Å²) in [5.74, 6) is 0.160. The first kappa shape index (κ1) is 17.0. The topological polar surface area (TPSA) is 59.0 Å². The number of hydrogen-bond donors (Lipinski definition) is 2. The fourth-order valence-electron chi connectivity index (χ4n) is 2.94. The molecule has 0 aliphatic heterocycles. The second kappa shape index (κ2) is 7.79. The zero-order valence-electron chi connectivity index (χ0n) is 13.3. The maximum absolute atomic E-state index is 13.7. The number of anilines is 1. The van der Waals surface area contributed by atoms with Crippen LogP contribution in [0.5, 0.6) is 0 Å². The van der Waals surface area contributed by atoms with E-state index < -0.39 is 0 Å². The van der Waals surface area contributed by atoms with Gasteiger partial charge in [-0.05, 0) is 34.8 Å². The predicted octanol–water partition coefficient (Wildman–Crippen LogP) is 4.29. The van der Waals surface area contributed by atoms with Gasteiger partial charge in [0.05, 0.1) is 11.0 Å². The smallest absolute Gasteiger partial charge is 0.320 e. The van der Waals surface area contributed by atoms with Crippen LogP contribution in [0.4, 0.5) is 15.0 Å². The fourth-order valence-corrected chi connectivity index (χ4v) is 3.35. The number of halogens is 2. The molecule has 0 unspecified atom stereocenters. The highest BCUT2D eigenvalue weighted by Gasteiger charge is 2.17. The number of carbonyl (C=O) groups excluding carboxylic acids is 1. The van der Waals surface area contributed by atoms with Crippen molar-refractivity contribution in [2.45, 2.75) is 44.7 Å². The normalized spacial score (nSPS) is 15.2. The van der Waals surface area contributed by atoms with Gasteiger partial charge in [-0.25, -0.2) is 9.18 Å². The lowest BCUT2D eigenvalue weighted by molar-refractivity contribution is 0.244. The summed E-state index contributed by atoms with van der Waals surface area (Å²) >= 11 is 3.38. The molecular formula is C17H20BrFN4O. The van der Waals surface area contributed by atoms with E-state index >= 15 is 0 Å². The standard InChI is InChI=1S/C17H20BrFN4O/c18-14-11-23(10-12-6-4-5-9-15(12)19)22-16(14)21-17(24)20-13-7-2-1-3-8-13/h4-6,9,11,13H,1-3,7-8,10H2,(H2,20,21,22,24). The molecule has 0 bridgehead atoms. The summed E-state index contributed by atoms with van der Waals surface area (Å²) in [7, 11) is 0. The minimum absolute atomic E-state index is 0.234. The van der Waals surface area contributed by atoms with Gasteiger partial charge in [0, 0.05) is 17.8 Å². The van der Waals surface area contributed by atoms with Crippen LogP contribution in [-0.2, 0) is 6.54 Å². The van der Waals surface area contributed by atoms with Crippen LogP contribution in [0.25, 0.3) is 0 Å². The number of urea groups is 1. The summed E-state index contributed by atoms with van der Waals surface area (Å²) in [6, 6.07) is 6.56. The minimum atomic E-state index is -0.270. The van der Waals surface area contributed by atoms with E-state index in [-0.39, 0.29) is 17.9 Å². The van der Waals surface area contributed by atoms with Crippen molar-refractivity contribution in [1.29, 1.82) is 0 Å². The van der Waals surface area contributed by atoms with Crippen LogP contribution in [0.1, 0.15) is 37.7 Å². The molecule has 24 heavy (non-hydrogen) atoms. The molecule has 128 valence electrons. The van der Waals surface area contributed by atoms with Crippen LogP contribution in [0.2, 0.25) is 0 Å². The quantitative estimate of drug-likeness (QED) is 0.812. The highest BCUT2D eigenvalue weighted by Crippen LogP contribution is 2.22. The van der Waals surface area contributed by atoms with E-state index in [1.54, 1.807) is 29.1 Å². The Balaban J connectivity index is 1.61. The van der Waals surface area contributed by atoms with Crippen molar-refractivity contribution in [3.63, 3.8) is 0 Å². The maximum atomic E-state index is 13.7. The molecular weight excluding hydrogens is 375 g/mol. The van der Waals surface area contributed by atoms with Crippen LogP contribution in [-0.4, -0.2) is 21.9 Å². The first-order chi connectivity index (χ1) is 11.6. The van der Waals surface area contributed by atoms with Gasteiger partial charge in [0.25, 0.3) is 0 Å². The Morgan fingerprint density at radius 3 is 2.79 bits per heavy atom. The number of carbonyl (C=O) groups is 1. The van der Waals surface area contributed by atoms with Crippen LogP contribution < -0.4 is 10.6 Å². The number of nitrogens with one attached hydrogen (secondary N) is 2. The average molecular weight is 395 g/mol. The Morgan fingerprint density at radius 2 is 2.04 bits per heavy atom. The molecule has 0 radical (unpaired) electrons. The zero-order chi connectivity index (χ0) is 16.9. The number of amides is 2. The second-order valence-corrected chi connectivity index (χ2v) is 6.90. The lowest BCUT2D eigenvalue weighted by Crippen LogP contribution is -2.39. The molecule has 1 fully saturated rings. The molecule has 2 N–H and O–H groups in total. The third-order valence-electron chi connectivity index (χ3n) is 4.18. The zero-order valence-corrected chi connectivity index (χ0v) is 14.9. The Labute approximate surface area is 148 Å². The fraction of sp³-hybridized carbons (Fsp3) is 0.412. The van der Waals surface area contributed by atoms with E-state index in [9.17, 15) is 9.18 Å². The Bertz CT molecular complexity index is 712. The van der Waals surface area contributed by atoms with Gasteiger partial charge in [-0.3, -0.25) is 10.00 Å². The van der Waals surface area contributed by atoms with E-state index in [1.165, 1.54) is 12.5 Å². The summed E-state index contributed by atoms with van der Waals surface area (Å²) in [6.45, 7) is 0.303. The van der Waals surface area contributed by atoms with Crippen molar-refractivity contribution >= 4 is 27.8 Å². The van der Waals surface area contributed by atoms with Gasteiger partial charge in [0.1, 0.15) is 5.82 Å². The van der Waals surface area contributed by atoms with Gasteiger partial charge in [-0.15, -0.1) is 0 Å². The number of rotatable bonds is 4. The molecule has 1 heterocycles. The number of hydrogen-bond acceptors (Lipinski definition) is 2. The third kappa shape index (κ3) is 4.35. The van der Waals surface area contributed by atoms with Crippen molar-refractivity contribution < 1.29 is 9.18 Å². The van der Waals surface area contributed by atoms with Crippen molar-refractivity contribution in [2.24, 2.45) is 0 Å². The van der Waals surface area contributed by atoms with Gasteiger partial charge >= 0.3 is 6.03 Å². The van der Waals surface area contributed by atoms with E-state index in [0.717, 1.165) is 25.7 Å². The van der Waals surface area contributed by atoms with E-state index in [1.807, 2.05) is 0 Å². The van der Waals surface area contributed by atoms with Crippen LogP contribution in [0.3, 0.4) is 0 Å². The lowest BCUT2D eigenvalue weighted by Gasteiger charge is -2.22. The Morgan fingerprint density at radius 1 is 1.29 bits per heavy atom. The molecule has 1 aromatic carbocycles. The Kier molecular flexibility index (Phi) is 5.50. The second-order valence-electron chi connectivity index (χ2n) is 6.05. The van der Waals surface area contributed by atoms with Crippen LogP contribution >= 0.6 is 15.9 Å². The monoisotopic (exact) mass is 394 g/mol. The number of benzene rings is 1. The molecule has 1 aromatic heterocycles. The summed E-state index contributed by atoms with van der Waals surface area (Å²) < 4.78 is 16.0. The van der Waals surface area contributed by atoms with Gasteiger partial charge < -0.3 is 5.32 Å². The maximum Gasteiger partial charge on any atom is 0.320 e. The molecule has 0 atom stereocenters. The highest BCUT2D eigenvalue weighted by atomic mass is 79.9. The summed E-state index contributed by atoms with van der Waals surface area (Å²) in [5, 5.41) is 10.0. The van der Waals surface area contributed by atoms with Crippen LogP contribution in [0, 0.1) is 5.82 Å². The predicted molar refractivity (Wildman–Crippen MR) is 94.5 cm³/mol. The van der Waals surface area contributed by atoms with Gasteiger partial charge in [-0.2, -0.15) is 5.10 Å². The summed E-state index contributed by atoms with van der Waals surface area (Å²) in [6.07, 6.45) is 7.33. The molecule has 2 amide bonds. The summed E-state index contributed by atoms with van der Waals surface area (Å²) in [4.78, 5) is 12.1. The molecule has 1 aliphatic carbocycles. The average Bonchev–Trinajstić information content (AvgIpc) is 2.90. The largest absolute Gasteiger partial charge is 0.335 e. The van der Waals surface area contributed by atoms with Gasteiger partial charge in [0.2, 0.25) is 0 Å². The molecule has 3 rings (SSSR count). The van der Waals surface area contributed by atoms with Crippen molar-refractivity contribution in [3.05, 3.63) is 46.3 Å². The van der Waals surface area contributed by atoms with E-state index in [0.29, 0.717) is 22.4 Å². The van der Waals surface area contributed by atoms with Crippen molar-refractivity contribution in [1.82, 2.24) is 15.1 Å². The van der Waals surface area contributed by atoms with Crippen molar-refractivity contribution in [2.75, 3.05) is 5.32 Å². The highest BCUT2D eigenvalue weighted by molar-refractivity contribution is 9.10. The van der Waals surface area contributed by atoms with E-state index in [4.69, 9.17) is 0 Å². The lowest BCUT2D eigenvalue weighted by atomic mass is 9.96. The molecule has 1 aliphatic rings. The molecule has 0 spiro atoms. The molecule has 0 saturated heterocycles. The Hall–Kier alpha value is -1.89. The molecule has 2 aromatic rings. The minimum Gasteiger partial charge on any atom is -0.335 e. The van der Waals surface area contributed by atoms with E-state index in [2.05, 4.69) is 31.7 Å². The number of nitrogens with zero attached hydrogens (tertiary/aromatic N) is 2. The van der Waals surface area contributed by atoms with Crippen molar-refractivity contribution in [3.8, 4) is 0 Å². The first-order valence-corrected chi connectivity index (χ1v) is 8.95. The molecule has 1 saturated carbocycles. The molecule has 5 nitrogen and oxygen atoms in total.